The molecule has 4 nitrogen and oxygen atoms in total. The van der Waals surface area contributed by atoms with Gasteiger partial charge in [-0.3, -0.25) is 4.68 Å². The van der Waals surface area contributed by atoms with Gasteiger partial charge in [0, 0.05) is 6.20 Å². The van der Waals surface area contributed by atoms with Crippen LogP contribution in [0.15, 0.2) is 36.7 Å². The summed E-state index contributed by atoms with van der Waals surface area (Å²) >= 11 is 2.21. The van der Waals surface area contributed by atoms with Gasteiger partial charge in [-0.05, 0) is 40.8 Å². The van der Waals surface area contributed by atoms with Gasteiger partial charge in [-0.2, -0.15) is 10.4 Å². The topological polar surface area (TPSA) is 50.8 Å². The Morgan fingerprint density at radius 1 is 1.47 bits per heavy atom. The molecule has 0 aliphatic rings. The Kier molecular flexibility index (Phi) is 3.98. The van der Waals surface area contributed by atoms with Gasteiger partial charge in [0.15, 0.2) is 0 Å². The molecule has 0 atom stereocenters. The summed E-state index contributed by atoms with van der Waals surface area (Å²) in [6.45, 7) is 1.23. The maximum atomic E-state index is 8.75. The molecule has 2 aromatic rings. The summed E-state index contributed by atoms with van der Waals surface area (Å²) in [6, 6.07) is 9.21. The minimum atomic E-state index is 0.534. The molecule has 17 heavy (non-hydrogen) atoms. The molecule has 0 saturated carbocycles. The van der Waals surface area contributed by atoms with Crippen molar-refractivity contribution in [2.45, 2.75) is 6.54 Å². The van der Waals surface area contributed by atoms with Gasteiger partial charge in [-0.25, -0.2) is 0 Å². The first kappa shape index (κ1) is 11.9. The smallest absolute Gasteiger partial charge is 0.120 e. The fraction of sp³-hybridized carbons (Fsp3) is 0.167. The SMILES string of the molecule is N#Cc1cccc(OCCn2cc(I)cn2)c1. The predicted molar refractivity (Wildman–Crippen MR) is 71.6 cm³/mol. The molecule has 0 N–H and O–H groups in total. The maximum absolute atomic E-state index is 8.75. The van der Waals surface area contributed by atoms with Gasteiger partial charge in [0.05, 0.1) is 27.9 Å². The quantitative estimate of drug-likeness (QED) is 0.804. The highest BCUT2D eigenvalue weighted by molar-refractivity contribution is 14.1. The fourth-order valence-electron chi connectivity index (χ4n) is 1.37. The molecule has 0 saturated heterocycles. The van der Waals surface area contributed by atoms with E-state index in [1.54, 1.807) is 18.3 Å². The molecular weight excluding hydrogens is 329 g/mol. The summed E-state index contributed by atoms with van der Waals surface area (Å²) in [7, 11) is 0. The minimum Gasteiger partial charge on any atom is -0.492 e. The van der Waals surface area contributed by atoms with Gasteiger partial charge in [-0.1, -0.05) is 6.07 Å². The Balaban J connectivity index is 1.88. The van der Waals surface area contributed by atoms with E-state index in [0.717, 1.165) is 3.57 Å². The Morgan fingerprint density at radius 2 is 2.35 bits per heavy atom. The highest BCUT2D eigenvalue weighted by atomic mass is 127. The van der Waals surface area contributed by atoms with E-state index in [1.165, 1.54) is 0 Å². The number of nitriles is 1. The molecular formula is C12H10IN3O. The third-order valence-electron chi connectivity index (χ3n) is 2.15. The highest BCUT2D eigenvalue weighted by Gasteiger charge is 1.98. The van der Waals surface area contributed by atoms with Crippen molar-refractivity contribution in [3.05, 3.63) is 45.8 Å². The van der Waals surface area contributed by atoms with Gasteiger partial charge in [0.2, 0.25) is 0 Å². The standard InChI is InChI=1S/C12H10IN3O/c13-11-8-15-16(9-11)4-5-17-12-3-1-2-10(6-12)7-14/h1-3,6,8-9H,4-5H2. The van der Waals surface area contributed by atoms with Gasteiger partial charge in [0.1, 0.15) is 12.4 Å². The minimum absolute atomic E-state index is 0.534. The van der Waals surface area contributed by atoms with E-state index < -0.39 is 0 Å². The second-order valence-electron chi connectivity index (χ2n) is 3.41. The molecule has 0 aliphatic heterocycles. The van der Waals surface area contributed by atoms with Crippen LogP contribution in [-0.4, -0.2) is 16.4 Å². The van der Waals surface area contributed by atoms with E-state index in [0.29, 0.717) is 24.5 Å². The number of halogens is 1. The van der Waals surface area contributed by atoms with Crippen LogP contribution < -0.4 is 4.74 Å². The Labute approximate surface area is 113 Å². The summed E-state index contributed by atoms with van der Waals surface area (Å²) < 4.78 is 8.48. The van der Waals surface area contributed by atoms with E-state index in [4.69, 9.17) is 10.00 Å². The molecule has 1 aromatic carbocycles. The number of rotatable bonds is 4. The number of ether oxygens (including phenoxy) is 1. The Morgan fingerprint density at radius 3 is 3.06 bits per heavy atom. The molecule has 0 aliphatic carbocycles. The van der Waals surface area contributed by atoms with Crippen molar-refractivity contribution in [2.24, 2.45) is 0 Å². The van der Waals surface area contributed by atoms with Crippen molar-refractivity contribution in [1.29, 1.82) is 5.26 Å². The molecule has 1 aromatic heterocycles. The van der Waals surface area contributed by atoms with E-state index in [1.807, 2.05) is 23.0 Å². The summed E-state index contributed by atoms with van der Waals surface area (Å²) in [6.07, 6.45) is 3.76. The lowest BCUT2D eigenvalue weighted by Gasteiger charge is -2.06. The predicted octanol–water partition coefficient (Wildman–Crippen LogP) is 2.44. The van der Waals surface area contributed by atoms with Crippen LogP contribution in [0, 0.1) is 14.9 Å². The Hall–Kier alpha value is -1.55. The number of hydrogen-bond donors (Lipinski definition) is 0. The zero-order valence-corrected chi connectivity index (χ0v) is 11.2. The van der Waals surface area contributed by atoms with Crippen LogP contribution in [0.5, 0.6) is 5.75 Å². The molecule has 0 radical (unpaired) electrons. The molecule has 1 heterocycles. The molecule has 0 unspecified atom stereocenters. The monoisotopic (exact) mass is 339 g/mol. The summed E-state index contributed by atoms with van der Waals surface area (Å²) in [5.74, 6) is 0.714. The second kappa shape index (κ2) is 5.68. The van der Waals surface area contributed by atoms with Gasteiger partial charge >= 0.3 is 0 Å². The van der Waals surface area contributed by atoms with E-state index in [-0.39, 0.29) is 0 Å². The zero-order valence-electron chi connectivity index (χ0n) is 9.01. The number of aromatic nitrogens is 2. The molecule has 86 valence electrons. The summed E-state index contributed by atoms with van der Waals surface area (Å²) in [4.78, 5) is 0. The van der Waals surface area contributed by atoms with Crippen molar-refractivity contribution < 1.29 is 4.74 Å². The normalized spacial score (nSPS) is 9.88. The first-order valence-electron chi connectivity index (χ1n) is 5.09. The van der Waals surface area contributed by atoms with Crippen LogP contribution in [0.3, 0.4) is 0 Å². The largest absolute Gasteiger partial charge is 0.492 e. The van der Waals surface area contributed by atoms with E-state index in [9.17, 15) is 0 Å². The van der Waals surface area contributed by atoms with Crippen LogP contribution in [0.1, 0.15) is 5.56 Å². The number of hydrogen-bond acceptors (Lipinski definition) is 3. The lowest BCUT2D eigenvalue weighted by atomic mass is 10.2. The van der Waals surface area contributed by atoms with Crippen LogP contribution in [0.25, 0.3) is 0 Å². The maximum Gasteiger partial charge on any atom is 0.120 e. The van der Waals surface area contributed by atoms with Crippen molar-refractivity contribution >= 4 is 22.6 Å². The molecule has 0 fully saturated rings. The van der Waals surface area contributed by atoms with Crippen LogP contribution >= 0.6 is 22.6 Å². The van der Waals surface area contributed by atoms with Crippen LogP contribution in [-0.2, 0) is 6.54 Å². The van der Waals surface area contributed by atoms with Gasteiger partial charge in [-0.15, -0.1) is 0 Å². The van der Waals surface area contributed by atoms with E-state index >= 15 is 0 Å². The van der Waals surface area contributed by atoms with Crippen molar-refractivity contribution in [3.63, 3.8) is 0 Å². The average Bonchev–Trinajstić information content (AvgIpc) is 2.75. The van der Waals surface area contributed by atoms with Gasteiger partial charge in [0.25, 0.3) is 0 Å². The summed E-state index contributed by atoms with van der Waals surface area (Å²) in [5.41, 5.74) is 0.608. The third-order valence-corrected chi connectivity index (χ3v) is 2.71. The molecule has 2 rings (SSSR count). The Bertz CT molecular complexity index is 545. The van der Waals surface area contributed by atoms with Crippen LogP contribution in [0.2, 0.25) is 0 Å². The zero-order chi connectivity index (χ0) is 12.1. The lowest BCUT2D eigenvalue weighted by Crippen LogP contribution is -2.08. The molecule has 0 spiro atoms. The van der Waals surface area contributed by atoms with Crippen LogP contribution in [0.4, 0.5) is 0 Å². The molecule has 0 amide bonds. The van der Waals surface area contributed by atoms with Gasteiger partial charge < -0.3 is 4.74 Å². The third kappa shape index (κ3) is 3.46. The number of benzene rings is 1. The second-order valence-corrected chi connectivity index (χ2v) is 4.66. The first-order valence-corrected chi connectivity index (χ1v) is 6.17. The molecule has 0 bridgehead atoms. The highest BCUT2D eigenvalue weighted by Crippen LogP contribution is 2.12. The van der Waals surface area contributed by atoms with Crippen molar-refractivity contribution in [1.82, 2.24) is 9.78 Å². The van der Waals surface area contributed by atoms with Crippen molar-refractivity contribution in [3.8, 4) is 11.8 Å². The molecule has 5 heteroatoms. The van der Waals surface area contributed by atoms with E-state index in [2.05, 4.69) is 33.8 Å². The fourth-order valence-corrected chi connectivity index (χ4v) is 1.82. The lowest BCUT2D eigenvalue weighted by molar-refractivity contribution is 0.291. The first-order chi connectivity index (χ1) is 8.28. The summed E-state index contributed by atoms with van der Waals surface area (Å²) in [5, 5.41) is 12.9. The van der Waals surface area contributed by atoms with Crippen molar-refractivity contribution in [2.75, 3.05) is 6.61 Å². The number of nitrogens with zero attached hydrogens (tertiary/aromatic N) is 3. The average molecular weight is 339 g/mol.